The summed E-state index contributed by atoms with van der Waals surface area (Å²) >= 11 is 0. The Morgan fingerprint density at radius 3 is 2.83 bits per heavy atom. The van der Waals surface area contributed by atoms with Crippen LogP contribution in [0.25, 0.3) is 11.1 Å². The first kappa shape index (κ1) is 12.4. The lowest BCUT2D eigenvalue weighted by atomic mass is 10.2. The molecule has 0 fully saturated rings. The van der Waals surface area contributed by atoms with E-state index < -0.39 is 12.1 Å². The largest absolute Gasteiger partial charge is 0.471 e. The lowest BCUT2D eigenvalue weighted by molar-refractivity contribution is -0.173. The predicted octanol–water partition coefficient (Wildman–Crippen LogP) is 2.31. The highest BCUT2D eigenvalue weighted by molar-refractivity contribution is 5.81. The smallest absolute Gasteiger partial charge is 0.441 e. The number of alkyl halides is 3. The number of nitrogens with zero attached hydrogens (tertiary/aromatic N) is 1. The van der Waals surface area contributed by atoms with Gasteiger partial charge in [0.25, 0.3) is 0 Å². The summed E-state index contributed by atoms with van der Waals surface area (Å²) in [5, 5.41) is 1.79. The number of hydrogen-bond acceptors (Lipinski definition) is 3. The van der Waals surface area contributed by atoms with E-state index in [0.717, 1.165) is 0 Å². The summed E-state index contributed by atoms with van der Waals surface area (Å²) in [7, 11) is 0. The van der Waals surface area contributed by atoms with Crippen molar-refractivity contribution in [3.8, 4) is 0 Å². The Morgan fingerprint density at radius 1 is 1.44 bits per heavy atom. The lowest BCUT2D eigenvalue weighted by Crippen LogP contribution is -2.36. The SMILES string of the molecule is Cc1nc2cc(CNC(=O)C(F)(F)F)ccc2o1. The van der Waals surface area contributed by atoms with Crippen LogP contribution >= 0.6 is 0 Å². The van der Waals surface area contributed by atoms with Gasteiger partial charge in [-0.25, -0.2) is 4.98 Å². The molecule has 96 valence electrons. The lowest BCUT2D eigenvalue weighted by Gasteiger charge is -2.07. The van der Waals surface area contributed by atoms with E-state index >= 15 is 0 Å². The maximum absolute atomic E-state index is 12.0. The van der Waals surface area contributed by atoms with Gasteiger partial charge in [0.05, 0.1) is 0 Å². The van der Waals surface area contributed by atoms with Crippen molar-refractivity contribution in [2.45, 2.75) is 19.6 Å². The molecule has 0 aliphatic carbocycles. The zero-order valence-electron chi connectivity index (χ0n) is 9.34. The number of carbonyl (C=O) groups is 1. The Balaban J connectivity index is 2.10. The predicted molar refractivity (Wildman–Crippen MR) is 56.6 cm³/mol. The van der Waals surface area contributed by atoms with Gasteiger partial charge in [-0.05, 0) is 17.7 Å². The minimum absolute atomic E-state index is 0.208. The molecule has 0 aliphatic rings. The molecule has 0 radical (unpaired) electrons. The topological polar surface area (TPSA) is 55.1 Å². The monoisotopic (exact) mass is 258 g/mol. The van der Waals surface area contributed by atoms with Crippen LogP contribution in [0, 0.1) is 6.92 Å². The Bertz CT molecular complexity index is 589. The van der Waals surface area contributed by atoms with Gasteiger partial charge in [-0.3, -0.25) is 4.79 Å². The fourth-order valence-electron chi connectivity index (χ4n) is 1.48. The highest BCUT2D eigenvalue weighted by Gasteiger charge is 2.38. The summed E-state index contributed by atoms with van der Waals surface area (Å²) in [5.41, 5.74) is 1.62. The molecule has 2 aromatic rings. The summed E-state index contributed by atoms with van der Waals surface area (Å²) in [6.07, 6.45) is -4.87. The standard InChI is InChI=1S/C11H9F3N2O2/c1-6-16-8-4-7(2-3-9(8)18-6)5-15-10(17)11(12,13)14/h2-4H,5H2,1H3,(H,15,17). The van der Waals surface area contributed by atoms with Crippen molar-refractivity contribution in [2.24, 2.45) is 0 Å². The number of oxazole rings is 1. The average Bonchev–Trinajstić information content (AvgIpc) is 2.63. The number of aromatic nitrogens is 1. The molecule has 18 heavy (non-hydrogen) atoms. The van der Waals surface area contributed by atoms with Crippen LogP contribution < -0.4 is 5.32 Å². The van der Waals surface area contributed by atoms with Gasteiger partial charge in [0.1, 0.15) is 5.52 Å². The maximum atomic E-state index is 12.0. The van der Waals surface area contributed by atoms with E-state index in [1.165, 1.54) is 0 Å². The summed E-state index contributed by atoms with van der Waals surface area (Å²) in [5.74, 6) is -1.49. The zero-order chi connectivity index (χ0) is 13.3. The second-order valence-electron chi connectivity index (χ2n) is 3.72. The van der Waals surface area contributed by atoms with E-state index in [0.29, 0.717) is 22.6 Å². The Kier molecular flexibility index (Phi) is 2.98. The molecule has 0 atom stereocenters. The summed E-state index contributed by atoms with van der Waals surface area (Å²) < 4.78 is 41.1. The van der Waals surface area contributed by atoms with Crippen molar-refractivity contribution < 1.29 is 22.4 Å². The maximum Gasteiger partial charge on any atom is 0.471 e. The molecule has 7 heteroatoms. The van der Waals surface area contributed by atoms with Crippen molar-refractivity contribution in [1.82, 2.24) is 10.3 Å². The van der Waals surface area contributed by atoms with E-state index in [1.807, 2.05) is 0 Å². The van der Waals surface area contributed by atoms with Crippen LogP contribution in [-0.4, -0.2) is 17.1 Å². The molecule has 1 amide bonds. The van der Waals surface area contributed by atoms with E-state index in [4.69, 9.17) is 4.42 Å². The van der Waals surface area contributed by atoms with Crippen molar-refractivity contribution in [1.29, 1.82) is 0 Å². The van der Waals surface area contributed by atoms with Crippen molar-refractivity contribution >= 4 is 17.0 Å². The molecule has 1 aromatic carbocycles. The van der Waals surface area contributed by atoms with Crippen LogP contribution in [0.5, 0.6) is 0 Å². The fourth-order valence-corrected chi connectivity index (χ4v) is 1.48. The molecule has 0 saturated carbocycles. The Morgan fingerprint density at radius 2 is 2.17 bits per heavy atom. The molecular weight excluding hydrogens is 249 g/mol. The number of hydrogen-bond donors (Lipinski definition) is 1. The van der Waals surface area contributed by atoms with Crippen LogP contribution in [0.2, 0.25) is 0 Å². The highest BCUT2D eigenvalue weighted by Crippen LogP contribution is 2.18. The van der Waals surface area contributed by atoms with Crippen LogP contribution in [0.15, 0.2) is 22.6 Å². The van der Waals surface area contributed by atoms with Crippen LogP contribution in [-0.2, 0) is 11.3 Å². The Hall–Kier alpha value is -2.05. The number of aryl methyl sites for hydroxylation is 1. The first-order valence-electron chi connectivity index (χ1n) is 5.07. The van der Waals surface area contributed by atoms with E-state index in [2.05, 4.69) is 4.98 Å². The molecule has 2 rings (SSSR count). The molecule has 1 aromatic heterocycles. The van der Waals surface area contributed by atoms with Gasteiger partial charge >= 0.3 is 12.1 Å². The zero-order valence-corrected chi connectivity index (χ0v) is 9.34. The minimum atomic E-state index is -4.87. The van der Waals surface area contributed by atoms with Crippen molar-refractivity contribution in [3.63, 3.8) is 0 Å². The highest BCUT2D eigenvalue weighted by atomic mass is 19.4. The number of fused-ring (bicyclic) bond motifs is 1. The summed E-state index contributed by atoms with van der Waals surface area (Å²) in [6.45, 7) is 1.46. The number of amides is 1. The Labute approximate surface area is 99.8 Å². The third-order valence-electron chi connectivity index (χ3n) is 2.27. The normalized spacial score (nSPS) is 11.8. The third-order valence-corrected chi connectivity index (χ3v) is 2.27. The van der Waals surface area contributed by atoms with Gasteiger partial charge in [-0.1, -0.05) is 6.07 Å². The number of carbonyl (C=O) groups excluding carboxylic acids is 1. The van der Waals surface area contributed by atoms with E-state index in [9.17, 15) is 18.0 Å². The quantitative estimate of drug-likeness (QED) is 0.899. The van der Waals surface area contributed by atoms with Crippen molar-refractivity contribution in [3.05, 3.63) is 29.7 Å². The third kappa shape index (κ3) is 2.61. The molecule has 1 N–H and O–H groups in total. The average molecular weight is 258 g/mol. The van der Waals surface area contributed by atoms with Gasteiger partial charge in [-0.15, -0.1) is 0 Å². The van der Waals surface area contributed by atoms with Gasteiger partial charge in [0.15, 0.2) is 11.5 Å². The first-order chi connectivity index (χ1) is 8.36. The first-order valence-corrected chi connectivity index (χ1v) is 5.07. The molecule has 0 aliphatic heterocycles. The number of halogens is 3. The molecular formula is C11H9F3N2O2. The number of nitrogens with one attached hydrogen (secondary N) is 1. The molecule has 4 nitrogen and oxygen atoms in total. The summed E-state index contributed by atoms with van der Waals surface area (Å²) in [6, 6.07) is 4.75. The van der Waals surface area contributed by atoms with Gasteiger partial charge < -0.3 is 9.73 Å². The summed E-state index contributed by atoms with van der Waals surface area (Å²) in [4.78, 5) is 14.7. The molecule has 0 bridgehead atoms. The molecule has 0 unspecified atom stereocenters. The van der Waals surface area contributed by atoms with E-state index in [1.54, 1.807) is 30.4 Å². The second-order valence-corrected chi connectivity index (χ2v) is 3.72. The van der Waals surface area contributed by atoms with Gasteiger partial charge in [-0.2, -0.15) is 13.2 Å². The van der Waals surface area contributed by atoms with E-state index in [-0.39, 0.29) is 6.54 Å². The molecule has 0 saturated heterocycles. The van der Waals surface area contributed by atoms with Gasteiger partial charge in [0.2, 0.25) is 0 Å². The van der Waals surface area contributed by atoms with Crippen LogP contribution in [0.3, 0.4) is 0 Å². The molecule has 1 heterocycles. The van der Waals surface area contributed by atoms with Crippen LogP contribution in [0.1, 0.15) is 11.5 Å². The van der Waals surface area contributed by atoms with Crippen molar-refractivity contribution in [2.75, 3.05) is 0 Å². The van der Waals surface area contributed by atoms with Crippen LogP contribution in [0.4, 0.5) is 13.2 Å². The second kappa shape index (κ2) is 4.32. The van der Waals surface area contributed by atoms with Gasteiger partial charge in [0, 0.05) is 13.5 Å². The minimum Gasteiger partial charge on any atom is -0.441 e. The number of rotatable bonds is 2. The number of benzene rings is 1. The molecule has 0 spiro atoms. The fraction of sp³-hybridized carbons (Fsp3) is 0.273.